The van der Waals surface area contributed by atoms with Gasteiger partial charge in [0.05, 0.1) is 9.95 Å². The van der Waals surface area contributed by atoms with Gasteiger partial charge in [0.15, 0.2) is 6.61 Å². The van der Waals surface area contributed by atoms with E-state index >= 15 is 0 Å². The third-order valence-electron chi connectivity index (χ3n) is 3.61. The van der Waals surface area contributed by atoms with E-state index in [0.29, 0.717) is 5.92 Å². The highest BCUT2D eigenvalue weighted by Gasteiger charge is 2.21. The maximum atomic E-state index is 12.0. The number of likely N-dealkylation sites (tertiary alicyclic amines) is 1. The van der Waals surface area contributed by atoms with E-state index < -0.39 is 4.92 Å². The fourth-order valence-corrected chi connectivity index (χ4v) is 2.44. The third kappa shape index (κ3) is 4.07. The van der Waals surface area contributed by atoms with Crippen LogP contribution in [0.3, 0.4) is 0 Å². The molecule has 0 aliphatic carbocycles. The number of amides is 1. The number of ether oxygens (including phenoxy) is 1. The molecule has 0 atom stereocenters. The molecule has 21 heavy (non-hydrogen) atoms. The normalized spacial score (nSPS) is 15.8. The van der Waals surface area contributed by atoms with Gasteiger partial charge in [0.25, 0.3) is 11.6 Å². The molecule has 2 rings (SSSR count). The minimum absolute atomic E-state index is 0.0867. The first-order chi connectivity index (χ1) is 9.97. The minimum Gasteiger partial charge on any atom is -0.482 e. The van der Waals surface area contributed by atoms with E-state index in [2.05, 4.69) is 6.92 Å². The van der Waals surface area contributed by atoms with Crippen LogP contribution < -0.4 is 4.74 Å². The van der Waals surface area contributed by atoms with Gasteiger partial charge >= 0.3 is 0 Å². The van der Waals surface area contributed by atoms with Crippen molar-refractivity contribution in [3.8, 4) is 5.75 Å². The molecule has 1 heterocycles. The van der Waals surface area contributed by atoms with Crippen molar-refractivity contribution in [2.24, 2.45) is 5.92 Å². The van der Waals surface area contributed by atoms with Gasteiger partial charge < -0.3 is 9.64 Å². The molecule has 7 heteroatoms. The molecule has 0 saturated carbocycles. The molecule has 0 bridgehead atoms. The highest BCUT2D eigenvalue weighted by Crippen LogP contribution is 2.28. The Kier molecular flexibility index (Phi) is 5.01. The molecule has 0 N–H and O–H groups in total. The lowest BCUT2D eigenvalue weighted by molar-refractivity contribution is -0.384. The van der Waals surface area contributed by atoms with E-state index in [1.54, 1.807) is 4.90 Å². The number of halogens is 1. The first-order valence-electron chi connectivity index (χ1n) is 6.82. The van der Waals surface area contributed by atoms with Gasteiger partial charge in [-0.05, 0) is 24.8 Å². The number of carbonyl (C=O) groups excluding carboxylic acids is 1. The fraction of sp³-hybridized carbons (Fsp3) is 0.500. The zero-order valence-electron chi connectivity index (χ0n) is 11.8. The fourth-order valence-electron chi connectivity index (χ4n) is 2.21. The van der Waals surface area contributed by atoms with E-state index in [1.807, 2.05) is 0 Å². The van der Waals surface area contributed by atoms with Crippen LogP contribution in [0.15, 0.2) is 18.2 Å². The Bertz CT molecular complexity index is 542. The number of hydrogen-bond acceptors (Lipinski definition) is 4. The van der Waals surface area contributed by atoms with Crippen molar-refractivity contribution < 1.29 is 14.5 Å². The molecule has 0 unspecified atom stereocenters. The van der Waals surface area contributed by atoms with Gasteiger partial charge in [-0.25, -0.2) is 0 Å². The van der Waals surface area contributed by atoms with Gasteiger partial charge in [0.1, 0.15) is 5.75 Å². The number of benzene rings is 1. The molecule has 1 fully saturated rings. The standard InChI is InChI=1S/C14H17ClN2O4/c1-10-4-6-16(7-5-10)14(18)9-21-13-3-2-11(17(19)20)8-12(13)15/h2-3,8,10H,4-7,9H2,1H3. The second-order valence-electron chi connectivity index (χ2n) is 5.22. The quantitative estimate of drug-likeness (QED) is 0.633. The molecular formula is C14H17ClN2O4. The number of hydrogen-bond donors (Lipinski definition) is 0. The molecule has 1 aliphatic rings. The van der Waals surface area contributed by atoms with Crippen molar-refractivity contribution in [3.05, 3.63) is 33.3 Å². The Hall–Kier alpha value is -1.82. The predicted octanol–water partition coefficient (Wildman–Crippen LogP) is 2.89. The first-order valence-corrected chi connectivity index (χ1v) is 7.19. The summed E-state index contributed by atoms with van der Waals surface area (Å²) in [5.41, 5.74) is -0.108. The summed E-state index contributed by atoms with van der Waals surface area (Å²) in [6.45, 7) is 3.57. The lowest BCUT2D eigenvalue weighted by atomic mass is 9.99. The maximum Gasteiger partial charge on any atom is 0.271 e. The molecule has 0 aromatic heterocycles. The largest absolute Gasteiger partial charge is 0.482 e. The van der Waals surface area contributed by atoms with E-state index in [4.69, 9.17) is 16.3 Å². The number of nitrogens with zero attached hydrogens (tertiary/aromatic N) is 2. The molecule has 1 saturated heterocycles. The summed E-state index contributed by atoms with van der Waals surface area (Å²) in [6.07, 6.45) is 2.01. The van der Waals surface area contributed by atoms with Crippen molar-refractivity contribution in [2.45, 2.75) is 19.8 Å². The summed E-state index contributed by atoms with van der Waals surface area (Å²) in [5, 5.41) is 10.7. The molecule has 6 nitrogen and oxygen atoms in total. The lowest BCUT2D eigenvalue weighted by Gasteiger charge is -2.30. The highest BCUT2D eigenvalue weighted by atomic mass is 35.5. The summed E-state index contributed by atoms with van der Waals surface area (Å²) in [6, 6.07) is 3.92. The van der Waals surface area contributed by atoms with Crippen LogP contribution in [0.4, 0.5) is 5.69 Å². The van der Waals surface area contributed by atoms with Gasteiger partial charge in [-0.15, -0.1) is 0 Å². The van der Waals surface area contributed by atoms with Crippen LogP contribution in [0.25, 0.3) is 0 Å². The van der Waals surface area contributed by atoms with Gasteiger partial charge in [-0.2, -0.15) is 0 Å². The van der Waals surface area contributed by atoms with Gasteiger partial charge in [-0.3, -0.25) is 14.9 Å². The van der Waals surface area contributed by atoms with Crippen molar-refractivity contribution in [1.82, 2.24) is 4.90 Å². The van der Waals surface area contributed by atoms with Crippen LogP contribution in [0.1, 0.15) is 19.8 Å². The monoisotopic (exact) mass is 312 g/mol. The Morgan fingerprint density at radius 2 is 2.14 bits per heavy atom. The van der Waals surface area contributed by atoms with Crippen LogP contribution >= 0.6 is 11.6 Å². The van der Waals surface area contributed by atoms with E-state index in [1.165, 1.54) is 18.2 Å². The molecule has 114 valence electrons. The molecule has 0 spiro atoms. The molecule has 1 amide bonds. The number of piperidine rings is 1. The summed E-state index contributed by atoms with van der Waals surface area (Å²) in [4.78, 5) is 23.9. The lowest BCUT2D eigenvalue weighted by Crippen LogP contribution is -2.40. The van der Waals surface area contributed by atoms with Gasteiger partial charge in [0.2, 0.25) is 0 Å². The number of carbonyl (C=O) groups is 1. The summed E-state index contributed by atoms with van der Waals surface area (Å²) < 4.78 is 5.37. The van der Waals surface area contributed by atoms with Crippen LogP contribution in [0.2, 0.25) is 5.02 Å². The number of rotatable bonds is 4. The second kappa shape index (κ2) is 6.76. The molecule has 0 radical (unpaired) electrons. The van der Waals surface area contributed by atoms with E-state index in [0.717, 1.165) is 25.9 Å². The van der Waals surface area contributed by atoms with E-state index in [-0.39, 0.29) is 29.0 Å². The smallest absolute Gasteiger partial charge is 0.271 e. The molecule has 1 aliphatic heterocycles. The summed E-state index contributed by atoms with van der Waals surface area (Å²) >= 11 is 5.91. The topological polar surface area (TPSA) is 72.7 Å². The SMILES string of the molecule is CC1CCN(C(=O)COc2ccc([N+](=O)[O-])cc2Cl)CC1. The Balaban J connectivity index is 1.91. The average molecular weight is 313 g/mol. The predicted molar refractivity (Wildman–Crippen MR) is 78.6 cm³/mol. The minimum atomic E-state index is -0.532. The average Bonchev–Trinajstić information content (AvgIpc) is 2.46. The second-order valence-corrected chi connectivity index (χ2v) is 5.63. The van der Waals surface area contributed by atoms with Gasteiger partial charge in [0, 0.05) is 25.2 Å². The molecule has 1 aromatic rings. The first kappa shape index (κ1) is 15.6. The Morgan fingerprint density at radius 1 is 1.48 bits per heavy atom. The zero-order chi connectivity index (χ0) is 15.4. The van der Waals surface area contributed by atoms with E-state index in [9.17, 15) is 14.9 Å². The van der Waals surface area contributed by atoms with Crippen LogP contribution in [0, 0.1) is 16.0 Å². The third-order valence-corrected chi connectivity index (χ3v) is 3.91. The summed E-state index contributed by atoms with van der Waals surface area (Å²) in [5.74, 6) is 0.844. The summed E-state index contributed by atoms with van der Waals surface area (Å²) in [7, 11) is 0. The number of nitro groups is 1. The Labute approximate surface area is 127 Å². The highest BCUT2D eigenvalue weighted by molar-refractivity contribution is 6.32. The van der Waals surface area contributed by atoms with Crippen molar-refractivity contribution in [1.29, 1.82) is 0 Å². The van der Waals surface area contributed by atoms with Crippen molar-refractivity contribution >= 4 is 23.2 Å². The number of non-ortho nitro benzene ring substituents is 1. The van der Waals surface area contributed by atoms with Crippen molar-refractivity contribution in [3.63, 3.8) is 0 Å². The molecule has 1 aromatic carbocycles. The maximum absolute atomic E-state index is 12.0. The van der Waals surface area contributed by atoms with Gasteiger partial charge in [-0.1, -0.05) is 18.5 Å². The van der Waals surface area contributed by atoms with Crippen molar-refractivity contribution in [2.75, 3.05) is 19.7 Å². The number of nitro benzene ring substituents is 1. The Morgan fingerprint density at radius 3 is 2.71 bits per heavy atom. The van der Waals surface area contributed by atoms with Crippen LogP contribution in [0.5, 0.6) is 5.75 Å². The molecular weight excluding hydrogens is 296 g/mol. The van der Waals surface area contributed by atoms with Crippen LogP contribution in [-0.2, 0) is 4.79 Å². The zero-order valence-corrected chi connectivity index (χ0v) is 12.5. The van der Waals surface area contributed by atoms with Crippen LogP contribution in [-0.4, -0.2) is 35.4 Å².